The van der Waals surface area contributed by atoms with Gasteiger partial charge in [-0.15, -0.1) is 0 Å². The third-order valence-corrected chi connectivity index (χ3v) is 0. The van der Waals surface area contributed by atoms with E-state index in [0.29, 0.717) is 0 Å². The molecule has 0 aromatic carbocycles. The maximum atomic E-state index is 7.19. The van der Waals surface area contributed by atoms with Crippen LogP contribution in [0.25, 0.3) is 0 Å². The van der Waals surface area contributed by atoms with Crippen molar-refractivity contribution in [1.29, 1.82) is 0 Å². The van der Waals surface area contributed by atoms with Crippen molar-refractivity contribution in [2.45, 2.75) is 6.16 Å². The molecule has 84 valence electrons. The third kappa shape index (κ3) is 1150. The van der Waals surface area contributed by atoms with Crippen LogP contribution in [-0.2, 0) is 37.6 Å². The zero-order chi connectivity index (χ0) is 4.50. The summed E-state index contributed by atoms with van der Waals surface area (Å²) in [6.07, 6.45) is -3.50. The molecule has 0 atom stereocenters. The van der Waals surface area contributed by atoms with Crippen molar-refractivity contribution < 1.29 is 79.9 Å². The van der Waals surface area contributed by atoms with Crippen LogP contribution in [0.2, 0.25) is 0 Å². The molecule has 0 aliphatic rings. The Morgan fingerprint density at radius 2 is 0.636 bits per heavy atom. The topological polar surface area (TPSA) is 207 Å². The summed E-state index contributed by atoms with van der Waals surface area (Å²) in [4.78, 5) is 0. The quantitative estimate of drug-likeness (QED) is 0.229. The largest absolute Gasteiger partial charge is 0.412 e. The summed E-state index contributed by atoms with van der Waals surface area (Å²) in [6, 6.07) is 0. The van der Waals surface area contributed by atoms with Crippen LogP contribution >= 0.6 is 0 Å². The minimum atomic E-state index is -3.50. The van der Waals surface area contributed by atoms with Gasteiger partial charge in [0.15, 0.2) is 0 Å². The molecule has 0 saturated heterocycles. The van der Waals surface area contributed by atoms with Gasteiger partial charge in [-0.2, -0.15) is 0 Å². The van der Waals surface area contributed by atoms with Gasteiger partial charge < -0.3 is 42.3 Å². The fourth-order valence-electron chi connectivity index (χ4n) is 0. The minimum absolute atomic E-state index is 0. The smallest absolute Gasteiger partial charge is 0.402 e. The molecule has 0 spiro atoms. The zero-order valence-corrected chi connectivity index (χ0v) is 8.18. The molecule has 0 aliphatic carbocycles. The van der Waals surface area contributed by atoms with E-state index in [4.69, 9.17) is 20.4 Å². The standard InChI is InChI=1S/CH4O4.Ni.4H2O.Pt/c2-1(3,4)5;;;;;;/h2-5H;;4*1H2;. The second-order valence-corrected chi connectivity index (χ2v) is 0.600. The van der Waals surface area contributed by atoms with Crippen LogP contribution in [0.3, 0.4) is 0 Å². The second-order valence-electron chi connectivity index (χ2n) is 0.600. The number of hydrogen-bond donors (Lipinski definition) is 4. The number of rotatable bonds is 0. The first-order valence-electron chi connectivity index (χ1n) is 0.894. The molecule has 0 aromatic rings. The Labute approximate surface area is 86.3 Å². The van der Waals surface area contributed by atoms with E-state index in [0.717, 1.165) is 0 Å². The van der Waals surface area contributed by atoms with Gasteiger partial charge in [-0.05, 0) is 0 Å². The van der Waals surface area contributed by atoms with Crippen molar-refractivity contribution in [3.05, 3.63) is 0 Å². The molecule has 0 radical (unpaired) electrons. The van der Waals surface area contributed by atoms with Crippen molar-refractivity contribution in [2.75, 3.05) is 0 Å². The van der Waals surface area contributed by atoms with E-state index >= 15 is 0 Å². The first kappa shape index (κ1) is 59.2. The molecule has 10 heteroatoms. The molecule has 11 heavy (non-hydrogen) atoms. The van der Waals surface area contributed by atoms with Crippen LogP contribution < -0.4 is 0 Å². The third-order valence-electron chi connectivity index (χ3n) is 0. The summed E-state index contributed by atoms with van der Waals surface area (Å²) in [5.74, 6) is 0. The molecule has 0 rings (SSSR count). The Balaban J connectivity index is -0.00000000533. The Morgan fingerprint density at radius 3 is 0.636 bits per heavy atom. The molecule has 0 saturated carbocycles. The van der Waals surface area contributed by atoms with Crippen LogP contribution in [0.4, 0.5) is 0 Å². The van der Waals surface area contributed by atoms with Crippen LogP contribution in [-0.4, -0.2) is 48.5 Å². The maximum Gasteiger partial charge on any atom is 0.402 e. The van der Waals surface area contributed by atoms with Crippen LogP contribution in [0.5, 0.6) is 0 Å². The summed E-state index contributed by atoms with van der Waals surface area (Å²) >= 11 is 0. The van der Waals surface area contributed by atoms with Gasteiger partial charge in [-0.3, -0.25) is 0 Å². The normalized spacial score (nSPS) is 5.45. The molecule has 0 bridgehead atoms. The van der Waals surface area contributed by atoms with Gasteiger partial charge in [-0.1, -0.05) is 0 Å². The molecule has 0 heterocycles. The summed E-state index contributed by atoms with van der Waals surface area (Å²) in [6.45, 7) is 0. The minimum Gasteiger partial charge on any atom is -0.412 e. The van der Waals surface area contributed by atoms with E-state index in [1.165, 1.54) is 0 Å². The van der Waals surface area contributed by atoms with Crippen molar-refractivity contribution >= 4 is 0 Å². The Hall–Kier alpha value is 0.862. The van der Waals surface area contributed by atoms with Gasteiger partial charge in [-0.25, -0.2) is 0 Å². The predicted octanol–water partition coefficient (Wildman–Crippen LogP) is -5.74. The van der Waals surface area contributed by atoms with Gasteiger partial charge in [0, 0.05) is 37.6 Å². The van der Waals surface area contributed by atoms with E-state index in [2.05, 4.69) is 0 Å². The summed E-state index contributed by atoms with van der Waals surface area (Å²) < 4.78 is 0. The Bertz CT molecular complexity index is 29.6. The van der Waals surface area contributed by atoms with E-state index in [1.807, 2.05) is 0 Å². The van der Waals surface area contributed by atoms with Crippen molar-refractivity contribution in [3.8, 4) is 0 Å². The molecule has 0 amide bonds. The number of aliphatic hydroxyl groups is 4. The van der Waals surface area contributed by atoms with Gasteiger partial charge in [0.1, 0.15) is 0 Å². The molecule has 0 unspecified atom stereocenters. The van der Waals surface area contributed by atoms with Gasteiger partial charge in [0.2, 0.25) is 0 Å². The molecule has 0 aromatic heterocycles. The van der Waals surface area contributed by atoms with Crippen LogP contribution in [0, 0.1) is 0 Å². The Morgan fingerprint density at radius 1 is 0.636 bits per heavy atom. The zero-order valence-electron chi connectivity index (χ0n) is 4.92. The first-order valence-corrected chi connectivity index (χ1v) is 0.894. The van der Waals surface area contributed by atoms with Gasteiger partial charge in [0.25, 0.3) is 0 Å². The molecule has 0 fully saturated rings. The summed E-state index contributed by atoms with van der Waals surface area (Å²) in [5.41, 5.74) is 0. The maximum absolute atomic E-state index is 7.19. The summed E-state index contributed by atoms with van der Waals surface area (Å²) in [7, 11) is 0. The van der Waals surface area contributed by atoms with E-state index in [-0.39, 0.29) is 59.5 Å². The van der Waals surface area contributed by atoms with Crippen LogP contribution in [0.15, 0.2) is 0 Å². The average molecular weight is 406 g/mol. The second kappa shape index (κ2) is 22.4. The van der Waals surface area contributed by atoms with Gasteiger partial charge >= 0.3 is 6.16 Å². The van der Waals surface area contributed by atoms with Crippen molar-refractivity contribution in [2.24, 2.45) is 0 Å². The predicted molar refractivity (Wildman–Crippen MR) is 26.1 cm³/mol. The van der Waals surface area contributed by atoms with E-state index < -0.39 is 6.16 Å². The van der Waals surface area contributed by atoms with Crippen molar-refractivity contribution in [3.63, 3.8) is 0 Å². The van der Waals surface area contributed by atoms with Gasteiger partial charge in [0.05, 0.1) is 0 Å². The molecule has 8 nitrogen and oxygen atoms in total. The molecule has 12 N–H and O–H groups in total. The Kier molecular flexibility index (Phi) is 121. The summed E-state index contributed by atoms with van der Waals surface area (Å²) in [5, 5.41) is 28.8. The average Bonchev–Trinajstić information content (AvgIpc) is 0.722. The number of hydrogen-bond acceptors (Lipinski definition) is 4. The van der Waals surface area contributed by atoms with Crippen molar-refractivity contribution in [1.82, 2.24) is 0 Å². The molecular formula is CH12NiO8Pt. The fraction of sp³-hybridized carbons (Fsp3) is 1.00. The monoisotopic (exact) mass is 405 g/mol. The van der Waals surface area contributed by atoms with Crippen LogP contribution in [0.1, 0.15) is 0 Å². The SMILES string of the molecule is O.O.O.O.OC(O)(O)O.[Ni].[Pt]. The fourth-order valence-corrected chi connectivity index (χ4v) is 0. The molecular weight excluding hydrogens is 394 g/mol. The first-order chi connectivity index (χ1) is 2.00. The molecule has 0 aliphatic heterocycles. The van der Waals surface area contributed by atoms with E-state index in [1.54, 1.807) is 0 Å². The van der Waals surface area contributed by atoms with E-state index in [9.17, 15) is 0 Å².